The number of carbonyl (C=O) groups excluding carboxylic acids is 1. The van der Waals surface area contributed by atoms with Crippen molar-refractivity contribution in [1.29, 1.82) is 0 Å². The topological polar surface area (TPSA) is 54.0 Å². The van der Waals surface area contributed by atoms with E-state index in [-0.39, 0.29) is 6.03 Å². The maximum Gasteiger partial charge on any atom is 0.319 e. The third-order valence-corrected chi connectivity index (χ3v) is 6.07. The number of aromatic nitrogens is 1. The second kappa shape index (κ2) is 7.97. The Morgan fingerprint density at radius 1 is 0.867 bits per heavy atom. The van der Waals surface area contributed by atoms with Gasteiger partial charge in [0, 0.05) is 17.8 Å². The zero-order chi connectivity index (χ0) is 20.3. The number of fused-ring (bicyclic) bond motifs is 2. The largest absolute Gasteiger partial charge is 0.334 e. The number of rotatable bonds is 4. The summed E-state index contributed by atoms with van der Waals surface area (Å²) in [6, 6.07) is 29.9. The molecule has 1 heterocycles. The number of carbonyl (C=O) groups is 1. The fraction of sp³-hybridized carbons (Fsp3) is 0.0400. The molecular weight excluding hydrogens is 390 g/mol. The van der Waals surface area contributed by atoms with Crippen LogP contribution >= 0.6 is 11.3 Å². The first-order chi connectivity index (χ1) is 14.8. The molecule has 0 aliphatic rings. The number of amides is 2. The van der Waals surface area contributed by atoms with Gasteiger partial charge in [-0.1, -0.05) is 66.7 Å². The van der Waals surface area contributed by atoms with E-state index < -0.39 is 0 Å². The Kier molecular flexibility index (Phi) is 4.87. The van der Waals surface area contributed by atoms with E-state index in [4.69, 9.17) is 4.98 Å². The summed E-state index contributed by atoms with van der Waals surface area (Å²) in [4.78, 5) is 17.2. The first-order valence-corrected chi connectivity index (χ1v) is 10.6. The van der Waals surface area contributed by atoms with Gasteiger partial charge in [0.25, 0.3) is 0 Å². The molecule has 5 aromatic rings. The van der Waals surface area contributed by atoms with Gasteiger partial charge in [-0.3, -0.25) is 0 Å². The Morgan fingerprint density at radius 3 is 2.60 bits per heavy atom. The number of benzene rings is 4. The molecule has 5 heteroatoms. The van der Waals surface area contributed by atoms with Crippen molar-refractivity contribution in [1.82, 2.24) is 10.3 Å². The Balaban J connectivity index is 1.30. The van der Waals surface area contributed by atoms with Crippen molar-refractivity contribution in [3.63, 3.8) is 0 Å². The molecule has 30 heavy (non-hydrogen) atoms. The number of nitrogens with zero attached hydrogens (tertiary/aromatic N) is 1. The van der Waals surface area contributed by atoms with E-state index in [1.54, 1.807) is 11.3 Å². The highest BCUT2D eigenvalue weighted by molar-refractivity contribution is 7.21. The Labute approximate surface area is 178 Å². The van der Waals surface area contributed by atoms with Gasteiger partial charge in [-0.25, -0.2) is 9.78 Å². The van der Waals surface area contributed by atoms with E-state index in [9.17, 15) is 4.79 Å². The lowest BCUT2D eigenvalue weighted by Gasteiger charge is -2.10. The molecule has 4 aromatic carbocycles. The molecule has 0 bridgehead atoms. The summed E-state index contributed by atoms with van der Waals surface area (Å²) in [5.74, 6) is 0. The van der Waals surface area contributed by atoms with E-state index in [2.05, 4.69) is 34.9 Å². The molecule has 4 nitrogen and oxygen atoms in total. The quantitative estimate of drug-likeness (QED) is 0.359. The van der Waals surface area contributed by atoms with Crippen LogP contribution in [0.2, 0.25) is 0 Å². The number of urea groups is 1. The summed E-state index contributed by atoms with van der Waals surface area (Å²) in [6.45, 7) is 0.463. The smallest absolute Gasteiger partial charge is 0.319 e. The predicted octanol–water partition coefficient (Wildman–Crippen LogP) is 6.44. The molecule has 0 saturated carbocycles. The Bertz CT molecular complexity index is 1320. The standard InChI is InChI=1S/C25H19N3OS/c29-25(26-16-19-10-5-8-17-7-1-2-12-21(17)19)27-20-11-6-9-18(15-20)24-28-22-13-3-4-14-23(22)30-24/h1-15H,16H2,(H2,26,27,29). The van der Waals surface area contributed by atoms with Crippen molar-refractivity contribution >= 4 is 44.0 Å². The summed E-state index contributed by atoms with van der Waals surface area (Å²) in [7, 11) is 0. The van der Waals surface area contributed by atoms with Crippen molar-refractivity contribution in [2.45, 2.75) is 6.54 Å². The van der Waals surface area contributed by atoms with Gasteiger partial charge in [0.15, 0.2) is 0 Å². The Morgan fingerprint density at radius 2 is 1.67 bits per heavy atom. The lowest BCUT2D eigenvalue weighted by molar-refractivity contribution is 0.252. The van der Waals surface area contributed by atoms with Gasteiger partial charge < -0.3 is 10.6 Å². The van der Waals surface area contributed by atoms with Gasteiger partial charge in [-0.2, -0.15) is 0 Å². The van der Waals surface area contributed by atoms with Crippen molar-refractivity contribution < 1.29 is 4.79 Å². The SMILES string of the molecule is O=C(NCc1cccc2ccccc12)Nc1cccc(-c2nc3ccccc3s2)c1. The number of hydrogen-bond donors (Lipinski definition) is 2. The maximum atomic E-state index is 12.5. The second-order valence-electron chi connectivity index (χ2n) is 7.01. The van der Waals surface area contributed by atoms with Crippen LogP contribution in [0.25, 0.3) is 31.6 Å². The minimum atomic E-state index is -0.232. The van der Waals surface area contributed by atoms with Crippen LogP contribution in [-0.2, 0) is 6.54 Å². The lowest BCUT2D eigenvalue weighted by atomic mass is 10.0. The van der Waals surface area contributed by atoms with E-state index in [0.29, 0.717) is 6.54 Å². The van der Waals surface area contributed by atoms with Crippen LogP contribution in [0, 0.1) is 0 Å². The molecule has 2 N–H and O–H groups in total. The maximum absolute atomic E-state index is 12.5. The first kappa shape index (κ1) is 18.3. The van der Waals surface area contributed by atoms with Crippen LogP contribution in [0.5, 0.6) is 0 Å². The molecule has 0 atom stereocenters. The first-order valence-electron chi connectivity index (χ1n) is 9.74. The number of hydrogen-bond acceptors (Lipinski definition) is 3. The molecule has 0 fully saturated rings. The molecule has 0 saturated heterocycles. The van der Waals surface area contributed by atoms with Gasteiger partial charge in [0.05, 0.1) is 10.2 Å². The Hall–Kier alpha value is -3.70. The van der Waals surface area contributed by atoms with Crippen molar-refractivity contribution in [3.8, 4) is 10.6 Å². The van der Waals surface area contributed by atoms with E-state index >= 15 is 0 Å². The minimum Gasteiger partial charge on any atom is -0.334 e. The van der Waals surface area contributed by atoms with Crippen LogP contribution in [0.3, 0.4) is 0 Å². The summed E-state index contributed by atoms with van der Waals surface area (Å²) in [6.07, 6.45) is 0. The van der Waals surface area contributed by atoms with E-state index in [1.807, 2.05) is 66.7 Å². The van der Waals surface area contributed by atoms with Gasteiger partial charge in [-0.15, -0.1) is 11.3 Å². The fourth-order valence-electron chi connectivity index (χ4n) is 3.52. The van der Waals surface area contributed by atoms with E-state index in [0.717, 1.165) is 37.4 Å². The molecule has 146 valence electrons. The van der Waals surface area contributed by atoms with E-state index in [1.165, 1.54) is 5.39 Å². The molecule has 1 aromatic heterocycles. The normalized spacial score (nSPS) is 10.9. The van der Waals surface area contributed by atoms with Crippen LogP contribution in [0.4, 0.5) is 10.5 Å². The molecule has 2 amide bonds. The van der Waals surface area contributed by atoms with Crippen molar-refractivity contribution in [3.05, 3.63) is 96.6 Å². The van der Waals surface area contributed by atoms with Gasteiger partial charge in [0.2, 0.25) is 0 Å². The van der Waals surface area contributed by atoms with Crippen LogP contribution in [-0.4, -0.2) is 11.0 Å². The average molecular weight is 410 g/mol. The zero-order valence-electron chi connectivity index (χ0n) is 16.1. The average Bonchev–Trinajstić information content (AvgIpc) is 3.22. The summed E-state index contributed by atoms with van der Waals surface area (Å²) in [5.41, 5.74) is 3.81. The van der Waals surface area contributed by atoms with Crippen molar-refractivity contribution in [2.75, 3.05) is 5.32 Å². The molecule has 0 radical (unpaired) electrons. The van der Waals surface area contributed by atoms with Crippen LogP contribution < -0.4 is 10.6 Å². The third kappa shape index (κ3) is 3.75. The molecular formula is C25H19N3OS. The highest BCUT2D eigenvalue weighted by Gasteiger charge is 2.08. The lowest BCUT2D eigenvalue weighted by Crippen LogP contribution is -2.28. The van der Waals surface area contributed by atoms with Crippen LogP contribution in [0.1, 0.15) is 5.56 Å². The number of para-hydroxylation sites is 1. The number of nitrogens with one attached hydrogen (secondary N) is 2. The predicted molar refractivity (Wildman–Crippen MR) is 125 cm³/mol. The second-order valence-corrected chi connectivity index (χ2v) is 8.04. The zero-order valence-corrected chi connectivity index (χ0v) is 16.9. The van der Waals surface area contributed by atoms with Gasteiger partial charge in [0.1, 0.15) is 5.01 Å². The van der Waals surface area contributed by atoms with Gasteiger partial charge in [-0.05, 0) is 40.6 Å². The molecule has 0 spiro atoms. The highest BCUT2D eigenvalue weighted by atomic mass is 32.1. The number of anilines is 1. The molecule has 0 aliphatic heterocycles. The van der Waals surface area contributed by atoms with Crippen LogP contribution in [0.15, 0.2) is 91.0 Å². The highest BCUT2D eigenvalue weighted by Crippen LogP contribution is 2.31. The molecule has 0 unspecified atom stereocenters. The summed E-state index contributed by atoms with van der Waals surface area (Å²) < 4.78 is 1.15. The minimum absolute atomic E-state index is 0.232. The van der Waals surface area contributed by atoms with Crippen molar-refractivity contribution in [2.24, 2.45) is 0 Å². The monoisotopic (exact) mass is 409 g/mol. The fourth-order valence-corrected chi connectivity index (χ4v) is 4.49. The third-order valence-electron chi connectivity index (χ3n) is 4.98. The summed E-state index contributed by atoms with van der Waals surface area (Å²) in [5, 5.41) is 9.15. The molecule has 5 rings (SSSR count). The number of thiazole rings is 1. The summed E-state index contributed by atoms with van der Waals surface area (Å²) >= 11 is 1.65. The van der Waals surface area contributed by atoms with Gasteiger partial charge >= 0.3 is 6.03 Å². The molecule has 0 aliphatic carbocycles.